The van der Waals surface area contributed by atoms with E-state index in [0.717, 1.165) is 6.42 Å². The van der Waals surface area contributed by atoms with Crippen molar-refractivity contribution in [3.8, 4) is 0 Å². The topological polar surface area (TPSA) is 81.9 Å². The third kappa shape index (κ3) is 2.92. The molecular formula is C14H18N2O5. The Morgan fingerprint density at radius 2 is 2.38 bits per heavy atom. The molecule has 2 unspecified atom stereocenters. The number of carbonyl (C=O) groups is 2. The molecule has 0 saturated carbocycles. The van der Waals surface area contributed by atoms with Gasteiger partial charge in [-0.2, -0.15) is 0 Å². The molecule has 1 aromatic heterocycles. The van der Waals surface area contributed by atoms with E-state index in [0.29, 0.717) is 37.8 Å². The van der Waals surface area contributed by atoms with Crippen molar-refractivity contribution in [3.63, 3.8) is 0 Å². The van der Waals surface area contributed by atoms with Gasteiger partial charge in [-0.15, -0.1) is 0 Å². The molecule has 1 aromatic rings. The third-order valence-electron chi connectivity index (χ3n) is 3.78. The molecule has 2 saturated heterocycles. The molecule has 2 aliphatic heterocycles. The molecule has 0 spiro atoms. The highest BCUT2D eigenvalue weighted by Crippen LogP contribution is 2.28. The lowest BCUT2D eigenvalue weighted by atomic mass is 10.2. The molecule has 0 aliphatic carbocycles. The number of morpholine rings is 1. The lowest BCUT2D eigenvalue weighted by Crippen LogP contribution is -2.41. The van der Waals surface area contributed by atoms with Gasteiger partial charge in [-0.1, -0.05) is 0 Å². The number of esters is 1. The Labute approximate surface area is 122 Å². The number of nitrogens with zero attached hydrogens (tertiary/aromatic N) is 2. The van der Waals surface area contributed by atoms with E-state index in [1.807, 2.05) is 0 Å². The molecule has 114 valence electrons. The Hall–Kier alpha value is -1.89. The zero-order valence-corrected chi connectivity index (χ0v) is 11.9. The molecule has 0 radical (unpaired) electrons. The van der Waals surface area contributed by atoms with Gasteiger partial charge in [0.05, 0.1) is 31.8 Å². The molecule has 0 aromatic carbocycles. The van der Waals surface area contributed by atoms with Gasteiger partial charge in [-0.3, -0.25) is 9.59 Å². The summed E-state index contributed by atoms with van der Waals surface area (Å²) in [6.07, 6.45) is 2.95. The summed E-state index contributed by atoms with van der Waals surface area (Å²) >= 11 is 0. The van der Waals surface area contributed by atoms with Crippen LogP contribution in [0.15, 0.2) is 10.7 Å². The first-order chi connectivity index (χ1) is 10.2. The number of aromatic nitrogens is 1. The number of amides is 1. The molecule has 2 atom stereocenters. The Morgan fingerprint density at radius 3 is 3.05 bits per heavy atom. The van der Waals surface area contributed by atoms with Crippen molar-refractivity contribution in [2.45, 2.75) is 38.3 Å². The summed E-state index contributed by atoms with van der Waals surface area (Å²) in [4.78, 5) is 29.6. The SMILES string of the molecule is CCOC(=O)CCc1nc(C(=O)N2CC3CC2CO3)co1. The summed E-state index contributed by atoms with van der Waals surface area (Å²) < 4.78 is 15.6. The summed E-state index contributed by atoms with van der Waals surface area (Å²) in [5.74, 6) is -0.0403. The van der Waals surface area contributed by atoms with E-state index in [9.17, 15) is 9.59 Å². The zero-order chi connectivity index (χ0) is 14.8. The second kappa shape index (κ2) is 5.85. The standard InChI is InChI=1S/C14H18N2O5/c1-2-19-13(17)4-3-12-15-11(8-21-12)14(18)16-6-10-5-9(16)7-20-10/h8-10H,2-7H2,1H3. The molecule has 3 heterocycles. The number of carbonyl (C=O) groups excluding carboxylic acids is 2. The van der Waals surface area contributed by atoms with Crippen LogP contribution in [0.3, 0.4) is 0 Å². The minimum atomic E-state index is -0.294. The average molecular weight is 294 g/mol. The van der Waals surface area contributed by atoms with E-state index in [1.54, 1.807) is 11.8 Å². The van der Waals surface area contributed by atoms with E-state index in [-0.39, 0.29) is 30.4 Å². The van der Waals surface area contributed by atoms with Gasteiger partial charge in [0.15, 0.2) is 11.6 Å². The van der Waals surface area contributed by atoms with Crippen LogP contribution in [0.25, 0.3) is 0 Å². The number of oxazole rings is 1. The van der Waals surface area contributed by atoms with Crippen LogP contribution in [0.5, 0.6) is 0 Å². The van der Waals surface area contributed by atoms with Crippen LogP contribution >= 0.6 is 0 Å². The molecule has 0 N–H and O–H groups in total. The van der Waals surface area contributed by atoms with Gasteiger partial charge in [0, 0.05) is 13.0 Å². The summed E-state index contributed by atoms with van der Waals surface area (Å²) in [5.41, 5.74) is 0.293. The van der Waals surface area contributed by atoms with Crippen LogP contribution in [0.1, 0.15) is 36.1 Å². The van der Waals surface area contributed by atoms with Gasteiger partial charge in [0.25, 0.3) is 5.91 Å². The van der Waals surface area contributed by atoms with Crippen LogP contribution in [-0.2, 0) is 20.7 Å². The Morgan fingerprint density at radius 1 is 1.52 bits per heavy atom. The van der Waals surface area contributed by atoms with E-state index < -0.39 is 0 Å². The maximum absolute atomic E-state index is 12.3. The number of fused-ring (bicyclic) bond motifs is 2. The van der Waals surface area contributed by atoms with Gasteiger partial charge in [0.2, 0.25) is 0 Å². The minimum absolute atomic E-state index is 0.128. The number of hydrogen-bond donors (Lipinski definition) is 0. The zero-order valence-electron chi connectivity index (χ0n) is 11.9. The van der Waals surface area contributed by atoms with E-state index in [1.165, 1.54) is 6.26 Å². The second-order valence-electron chi connectivity index (χ2n) is 5.23. The molecule has 7 nitrogen and oxygen atoms in total. The summed E-state index contributed by atoms with van der Waals surface area (Å²) in [6.45, 7) is 3.33. The number of likely N-dealkylation sites (tertiary alicyclic amines) is 1. The van der Waals surface area contributed by atoms with E-state index in [2.05, 4.69) is 4.98 Å². The minimum Gasteiger partial charge on any atom is -0.466 e. The predicted octanol–water partition coefficient (Wildman–Crippen LogP) is 0.784. The first-order valence-corrected chi connectivity index (χ1v) is 7.20. The average Bonchev–Trinajstić information content (AvgIpc) is 3.20. The van der Waals surface area contributed by atoms with Crippen molar-refractivity contribution >= 4 is 11.9 Å². The van der Waals surface area contributed by atoms with Crippen LogP contribution in [0.2, 0.25) is 0 Å². The Kier molecular flexibility index (Phi) is 3.92. The molecule has 21 heavy (non-hydrogen) atoms. The van der Waals surface area contributed by atoms with Gasteiger partial charge in [0.1, 0.15) is 6.26 Å². The largest absolute Gasteiger partial charge is 0.466 e. The Balaban J connectivity index is 1.57. The molecular weight excluding hydrogens is 276 g/mol. The van der Waals surface area contributed by atoms with Crippen molar-refractivity contribution in [2.75, 3.05) is 19.8 Å². The highest BCUT2D eigenvalue weighted by atomic mass is 16.5. The molecule has 3 rings (SSSR count). The van der Waals surface area contributed by atoms with Crippen molar-refractivity contribution < 1.29 is 23.5 Å². The number of ether oxygens (including phenoxy) is 2. The van der Waals surface area contributed by atoms with Crippen LogP contribution in [0.4, 0.5) is 0 Å². The fraction of sp³-hybridized carbons (Fsp3) is 0.643. The lowest BCUT2D eigenvalue weighted by molar-refractivity contribution is -0.143. The fourth-order valence-electron chi connectivity index (χ4n) is 2.76. The molecule has 1 amide bonds. The maximum atomic E-state index is 12.3. The lowest BCUT2D eigenvalue weighted by Gasteiger charge is -2.25. The van der Waals surface area contributed by atoms with E-state index in [4.69, 9.17) is 13.9 Å². The fourth-order valence-corrected chi connectivity index (χ4v) is 2.76. The quantitative estimate of drug-likeness (QED) is 0.747. The highest BCUT2D eigenvalue weighted by molar-refractivity contribution is 5.92. The first kappa shape index (κ1) is 14.1. The van der Waals surface area contributed by atoms with Gasteiger partial charge in [-0.25, -0.2) is 4.98 Å². The second-order valence-corrected chi connectivity index (χ2v) is 5.23. The normalized spacial score (nSPS) is 23.6. The van der Waals surface area contributed by atoms with Gasteiger partial charge < -0.3 is 18.8 Å². The van der Waals surface area contributed by atoms with Crippen molar-refractivity contribution in [2.24, 2.45) is 0 Å². The summed E-state index contributed by atoms with van der Waals surface area (Å²) in [7, 11) is 0. The van der Waals surface area contributed by atoms with Crippen LogP contribution in [-0.4, -0.2) is 53.7 Å². The molecule has 2 fully saturated rings. The van der Waals surface area contributed by atoms with Crippen molar-refractivity contribution in [1.29, 1.82) is 0 Å². The first-order valence-electron chi connectivity index (χ1n) is 7.20. The van der Waals surface area contributed by atoms with Crippen LogP contribution in [0, 0.1) is 0 Å². The molecule has 7 heteroatoms. The van der Waals surface area contributed by atoms with Gasteiger partial charge >= 0.3 is 5.97 Å². The third-order valence-corrected chi connectivity index (χ3v) is 3.78. The van der Waals surface area contributed by atoms with E-state index >= 15 is 0 Å². The van der Waals surface area contributed by atoms with Crippen LogP contribution < -0.4 is 0 Å². The maximum Gasteiger partial charge on any atom is 0.306 e. The summed E-state index contributed by atoms with van der Waals surface area (Å²) in [5, 5.41) is 0. The smallest absolute Gasteiger partial charge is 0.306 e. The molecule has 2 aliphatic rings. The molecule has 2 bridgehead atoms. The van der Waals surface area contributed by atoms with Crippen molar-refractivity contribution in [1.82, 2.24) is 9.88 Å². The number of hydrogen-bond acceptors (Lipinski definition) is 6. The van der Waals surface area contributed by atoms with Crippen molar-refractivity contribution in [3.05, 3.63) is 17.8 Å². The summed E-state index contributed by atoms with van der Waals surface area (Å²) in [6, 6.07) is 0.155. The highest BCUT2D eigenvalue weighted by Gasteiger charge is 2.42. The monoisotopic (exact) mass is 294 g/mol. The van der Waals surface area contributed by atoms with Gasteiger partial charge in [-0.05, 0) is 13.3 Å². The number of rotatable bonds is 5. The Bertz CT molecular complexity index is 541. The predicted molar refractivity (Wildman–Crippen MR) is 70.6 cm³/mol. The number of aryl methyl sites for hydroxylation is 1.